The lowest BCUT2D eigenvalue weighted by Crippen LogP contribution is -2.27. The lowest BCUT2D eigenvalue weighted by atomic mass is 9.88. The van der Waals surface area contributed by atoms with Crippen LogP contribution in [0.25, 0.3) is 0 Å². The van der Waals surface area contributed by atoms with E-state index in [0.717, 1.165) is 18.4 Å². The summed E-state index contributed by atoms with van der Waals surface area (Å²) in [5.74, 6) is 1.34. The quantitative estimate of drug-likeness (QED) is 0.679. The molecular weight excluding hydrogens is 256 g/mol. The van der Waals surface area contributed by atoms with Crippen LogP contribution in [-0.4, -0.2) is 10.8 Å². The molecule has 106 valence electrons. The van der Waals surface area contributed by atoms with Crippen LogP contribution < -0.4 is 5.32 Å². The predicted octanol–water partition coefficient (Wildman–Crippen LogP) is 3.28. The molecule has 3 unspecified atom stereocenters. The summed E-state index contributed by atoms with van der Waals surface area (Å²) >= 11 is 0. The molecule has 0 heterocycles. The second-order valence-corrected chi connectivity index (χ2v) is 6.03. The third kappa shape index (κ3) is 2.28. The molecule has 2 aliphatic rings. The van der Waals surface area contributed by atoms with Crippen molar-refractivity contribution < 1.29 is 9.72 Å². The summed E-state index contributed by atoms with van der Waals surface area (Å²) in [7, 11) is 0. The zero-order valence-electron chi connectivity index (χ0n) is 11.5. The van der Waals surface area contributed by atoms with E-state index >= 15 is 0 Å². The summed E-state index contributed by atoms with van der Waals surface area (Å²) in [6.07, 6.45) is 4.55. The number of nitrogens with zero attached hydrogens (tertiary/aromatic N) is 1. The van der Waals surface area contributed by atoms with E-state index in [2.05, 4.69) is 5.32 Å². The molecule has 1 aromatic rings. The lowest BCUT2D eigenvalue weighted by molar-refractivity contribution is -0.384. The molecule has 20 heavy (non-hydrogen) atoms. The molecule has 1 amide bonds. The molecule has 0 radical (unpaired) electrons. The van der Waals surface area contributed by atoms with Gasteiger partial charge in [-0.05, 0) is 43.6 Å². The van der Waals surface area contributed by atoms with Crippen molar-refractivity contribution in [2.24, 2.45) is 17.8 Å². The van der Waals surface area contributed by atoms with Crippen molar-refractivity contribution in [2.75, 3.05) is 5.32 Å². The maximum absolute atomic E-state index is 12.4. The van der Waals surface area contributed by atoms with Crippen molar-refractivity contribution in [3.63, 3.8) is 0 Å². The van der Waals surface area contributed by atoms with Gasteiger partial charge in [0.1, 0.15) is 0 Å². The van der Waals surface area contributed by atoms with Crippen LogP contribution >= 0.6 is 0 Å². The summed E-state index contributed by atoms with van der Waals surface area (Å²) in [6.45, 7) is 1.85. The average molecular weight is 274 g/mol. The lowest BCUT2D eigenvalue weighted by Gasteiger charge is -2.21. The molecular formula is C15H18N2O3. The summed E-state index contributed by atoms with van der Waals surface area (Å²) < 4.78 is 0. The van der Waals surface area contributed by atoms with E-state index in [-0.39, 0.29) is 17.5 Å². The van der Waals surface area contributed by atoms with Crippen molar-refractivity contribution >= 4 is 17.3 Å². The molecule has 2 aliphatic carbocycles. The Morgan fingerprint density at radius 1 is 1.35 bits per heavy atom. The van der Waals surface area contributed by atoms with Gasteiger partial charge in [0.25, 0.3) is 5.69 Å². The summed E-state index contributed by atoms with van der Waals surface area (Å²) in [5, 5.41) is 13.7. The molecule has 2 bridgehead atoms. The highest BCUT2D eigenvalue weighted by Crippen LogP contribution is 2.48. The van der Waals surface area contributed by atoms with Crippen LogP contribution in [0.15, 0.2) is 18.2 Å². The van der Waals surface area contributed by atoms with Gasteiger partial charge < -0.3 is 5.32 Å². The highest BCUT2D eigenvalue weighted by molar-refractivity contribution is 5.94. The van der Waals surface area contributed by atoms with Gasteiger partial charge in [0.15, 0.2) is 0 Å². The van der Waals surface area contributed by atoms with Crippen LogP contribution in [0.3, 0.4) is 0 Å². The molecule has 1 N–H and O–H groups in total. The Morgan fingerprint density at radius 2 is 2.15 bits per heavy atom. The van der Waals surface area contributed by atoms with Gasteiger partial charge in [0.2, 0.25) is 5.91 Å². The Labute approximate surface area is 117 Å². The van der Waals surface area contributed by atoms with Crippen molar-refractivity contribution in [1.29, 1.82) is 0 Å². The number of nitro benzene ring substituents is 1. The number of amides is 1. The number of anilines is 1. The highest BCUT2D eigenvalue weighted by atomic mass is 16.6. The van der Waals surface area contributed by atoms with Gasteiger partial charge in [0.05, 0.1) is 10.6 Å². The fraction of sp³-hybridized carbons (Fsp3) is 0.533. The molecule has 0 aliphatic heterocycles. The van der Waals surface area contributed by atoms with Gasteiger partial charge in [-0.25, -0.2) is 0 Å². The number of carbonyl (C=O) groups excluding carboxylic acids is 1. The third-order valence-electron chi connectivity index (χ3n) is 4.76. The number of nitro groups is 1. The number of nitrogens with one attached hydrogen (secondary N) is 1. The zero-order valence-corrected chi connectivity index (χ0v) is 11.5. The maximum Gasteiger partial charge on any atom is 0.271 e. The van der Waals surface area contributed by atoms with Crippen LogP contribution in [0.1, 0.15) is 31.2 Å². The van der Waals surface area contributed by atoms with Crippen molar-refractivity contribution in [2.45, 2.75) is 32.6 Å². The molecule has 2 saturated carbocycles. The SMILES string of the molecule is Cc1ccc([N+](=O)[O-])cc1NC(=O)C1CC2CCC1C2. The van der Waals surface area contributed by atoms with Gasteiger partial charge in [0, 0.05) is 18.1 Å². The summed E-state index contributed by atoms with van der Waals surface area (Å²) in [4.78, 5) is 22.7. The molecule has 0 spiro atoms. The van der Waals surface area contributed by atoms with E-state index < -0.39 is 4.92 Å². The standard InChI is InChI=1S/C15H18N2O3/c1-9-2-5-12(17(19)20)8-14(9)16-15(18)13-7-10-3-4-11(13)6-10/h2,5,8,10-11,13H,3-4,6-7H2,1H3,(H,16,18). The number of aryl methyl sites for hydroxylation is 1. The van der Waals surface area contributed by atoms with Crippen molar-refractivity contribution in [1.82, 2.24) is 0 Å². The first-order valence-electron chi connectivity index (χ1n) is 7.10. The predicted molar refractivity (Wildman–Crippen MR) is 75.4 cm³/mol. The van der Waals surface area contributed by atoms with E-state index in [1.807, 2.05) is 6.92 Å². The minimum Gasteiger partial charge on any atom is -0.325 e. The van der Waals surface area contributed by atoms with Gasteiger partial charge in [-0.2, -0.15) is 0 Å². The fourth-order valence-electron chi connectivity index (χ4n) is 3.65. The molecule has 1 aromatic carbocycles. The Balaban J connectivity index is 1.75. The van der Waals surface area contributed by atoms with Crippen LogP contribution in [-0.2, 0) is 4.79 Å². The molecule has 0 saturated heterocycles. The average Bonchev–Trinajstić information content (AvgIpc) is 3.03. The Kier molecular flexibility index (Phi) is 3.20. The maximum atomic E-state index is 12.4. The zero-order chi connectivity index (χ0) is 14.3. The molecule has 3 atom stereocenters. The molecule has 5 heteroatoms. The molecule has 0 aromatic heterocycles. The van der Waals surface area contributed by atoms with E-state index in [1.54, 1.807) is 6.07 Å². The number of hydrogen-bond donors (Lipinski definition) is 1. The molecule has 3 rings (SSSR count). The van der Waals surface area contributed by atoms with Gasteiger partial charge in [-0.15, -0.1) is 0 Å². The second-order valence-electron chi connectivity index (χ2n) is 6.03. The van der Waals surface area contributed by atoms with E-state index in [9.17, 15) is 14.9 Å². The summed E-state index contributed by atoms with van der Waals surface area (Å²) in [5.41, 5.74) is 1.43. The second kappa shape index (κ2) is 4.89. The first kappa shape index (κ1) is 13.1. The summed E-state index contributed by atoms with van der Waals surface area (Å²) in [6, 6.07) is 4.58. The van der Waals surface area contributed by atoms with E-state index in [0.29, 0.717) is 17.5 Å². The number of benzene rings is 1. The van der Waals surface area contributed by atoms with Gasteiger partial charge >= 0.3 is 0 Å². The van der Waals surface area contributed by atoms with Crippen LogP contribution in [0.2, 0.25) is 0 Å². The van der Waals surface area contributed by atoms with Crippen molar-refractivity contribution in [3.8, 4) is 0 Å². The molecule has 5 nitrogen and oxygen atoms in total. The number of carbonyl (C=O) groups is 1. The number of rotatable bonds is 3. The minimum atomic E-state index is -0.438. The highest BCUT2D eigenvalue weighted by Gasteiger charge is 2.43. The Bertz CT molecular complexity index is 570. The Morgan fingerprint density at radius 3 is 2.75 bits per heavy atom. The number of non-ortho nitro benzene ring substituents is 1. The van der Waals surface area contributed by atoms with Gasteiger partial charge in [-0.3, -0.25) is 14.9 Å². The number of fused-ring (bicyclic) bond motifs is 2. The van der Waals surface area contributed by atoms with Gasteiger partial charge in [-0.1, -0.05) is 12.5 Å². The smallest absolute Gasteiger partial charge is 0.271 e. The van der Waals surface area contributed by atoms with E-state index in [1.165, 1.54) is 25.0 Å². The van der Waals surface area contributed by atoms with Crippen molar-refractivity contribution in [3.05, 3.63) is 33.9 Å². The van der Waals surface area contributed by atoms with E-state index in [4.69, 9.17) is 0 Å². The largest absolute Gasteiger partial charge is 0.325 e. The molecule has 2 fully saturated rings. The number of hydrogen-bond acceptors (Lipinski definition) is 3. The van der Waals surface area contributed by atoms with Crippen LogP contribution in [0.5, 0.6) is 0 Å². The minimum absolute atomic E-state index is 0.0128. The topological polar surface area (TPSA) is 72.2 Å². The first-order valence-corrected chi connectivity index (χ1v) is 7.10. The third-order valence-corrected chi connectivity index (χ3v) is 4.76. The normalized spacial score (nSPS) is 27.6. The fourth-order valence-corrected chi connectivity index (χ4v) is 3.65. The van der Waals surface area contributed by atoms with Crippen LogP contribution in [0, 0.1) is 34.8 Å². The first-order chi connectivity index (χ1) is 9.54. The Hall–Kier alpha value is -1.91. The van der Waals surface area contributed by atoms with Crippen LogP contribution in [0.4, 0.5) is 11.4 Å². The monoisotopic (exact) mass is 274 g/mol.